The number of ether oxygens (including phenoxy) is 1. The molecule has 0 aliphatic heterocycles. The minimum absolute atomic E-state index is 0.0609. The summed E-state index contributed by atoms with van der Waals surface area (Å²) in [6.07, 6.45) is 3.60. The number of aromatic nitrogens is 3. The van der Waals surface area contributed by atoms with Crippen molar-refractivity contribution in [2.45, 2.75) is 13.3 Å². The Bertz CT molecular complexity index is 537. The quantitative estimate of drug-likeness (QED) is 0.890. The molecule has 6 nitrogen and oxygen atoms in total. The Balaban J connectivity index is 2.36. The van der Waals surface area contributed by atoms with E-state index in [0.29, 0.717) is 17.9 Å². The van der Waals surface area contributed by atoms with Crippen LogP contribution in [-0.2, 0) is 4.79 Å². The van der Waals surface area contributed by atoms with Crippen LogP contribution in [0.2, 0.25) is 0 Å². The van der Waals surface area contributed by atoms with Crippen molar-refractivity contribution in [1.29, 1.82) is 0 Å². The Morgan fingerprint density at radius 3 is 2.72 bits per heavy atom. The molecule has 0 aliphatic carbocycles. The standard InChI is InChI=1S/C12H14N4O2/c1-3-12(17)15-10-6-9(4-5-11(10)18-2)16-7-13-14-8-16/h4-8H,3H2,1-2H3,(H,15,17). The average Bonchev–Trinajstić information content (AvgIpc) is 2.92. The molecule has 0 bridgehead atoms. The fraction of sp³-hybridized carbons (Fsp3) is 0.250. The second kappa shape index (κ2) is 5.31. The van der Waals surface area contributed by atoms with Crippen LogP contribution in [0.5, 0.6) is 5.75 Å². The van der Waals surface area contributed by atoms with Gasteiger partial charge < -0.3 is 10.1 Å². The number of benzene rings is 1. The van der Waals surface area contributed by atoms with Crippen molar-refractivity contribution in [3.63, 3.8) is 0 Å². The number of anilines is 1. The van der Waals surface area contributed by atoms with Crippen molar-refractivity contribution >= 4 is 11.6 Å². The summed E-state index contributed by atoms with van der Waals surface area (Å²) in [4.78, 5) is 11.4. The van der Waals surface area contributed by atoms with Crippen LogP contribution in [0.15, 0.2) is 30.9 Å². The zero-order valence-corrected chi connectivity index (χ0v) is 10.3. The van der Waals surface area contributed by atoms with Crippen molar-refractivity contribution in [1.82, 2.24) is 14.8 Å². The second-order valence-electron chi connectivity index (χ2n) is 3.66. The fourth-order valence-electron chi connectivity index (χ4n) is 1.53. The van der Waals surface area contributed by atoms with Crippen LogP contribution in [0.4, 0.5) is 5.69 Å². The highest BCUT2D eigenvalue weighted by Crippen LogP contribution is 2.27. The Kier molecular flexibility index (Phi) is 3.57. The second-order valence-corrected chi connectivity index (χ2v) is 3.66. The molecule has 0 fully saturated rings. The van der Waals surface area contributed by atoms with Gasteiger partial charge >= 0.3 is 0 Å². The van der Waals surface area contributed by atoms with Crippen LogP contribution < -0.4 is 10.1 Å². The summed E-state index contributed by atoms with van der Waals surface area (Å²) in [7, 11) is 1.56. The lowest BCUT2D eigenvalue weighted by molar-refractivity contribution is -0.115. The number of amides is 1. The van der Waals surface area contributed by atoms with Gasteiger partial charge in [0.1, 0.15) is 18.4 Å². The van der Waals surface area contributed by atoms with Crippen LogP contribution in [-0.4, -0.2) is 27.8 Å². The van der Waals surface area contributed by atoms with E-state index in [4.69, 9.17) is 4.74 Å². The van der Waals surface area contributed by atoms with Crippen molar-refractivity contribution < 1.29 is 9.53 Å². The van der Waals surface area contributed by atoms with Crippen LogP contribution in [0.25, 0.3) is 5.69 Å². The van der Waals surface area contributed by atoms with Gasteiger partial charge in [0.2, 0.25) is 5.91 Å². The van der Waals surface area contributed by atoms with Crippen LogP contribution in [0, 0.1) is 0 Å². The number of hydrogen-bond donors (Lipinski definition) is 1. The van der Waals surface area contributed by atoms with Gasteiger partial charge in [0.05, 0.1) is 18.5 Å². The highest BCUT2D eigenvalue weighted by molar-refractivity contribution is 5.92. The van der Waals surface area contributed by atoms with Gasteiger partial charge in [0.15, 0.2) is 0 Å². The maximum absolute atomic E-state index is 11.4. The summed E-state index contributed by atoms with van der Waals surface area (Å²) in [6.45, 7) is 1.80. The third-order valence-electron chi connectivity index (χ3n) is 2.50. The molecule has 0 saturated carbocycles. The first-order valence-corrected chi connectivity index (χ1v) is 5.57. The van der Waals surface area contributed by atoms with E-state index in [0.717, 1.165) is 5.69 Å². The first kappa shape index (κ1) is 12.1. The molecule has 0 radical (unpaired) electrons. The number of carbonyl (C=O) groups is 1. The predicted octanol–water partition coefficient (Wildman–Crippen LogP) is 1.62. The van der Waals surface area contributed by atoms with Gasteiger partial charge in [0.25, 0.3) is 0 Å². The highest BCUT2D eigenvalue weighted by atomic mass is 16.5. The lowest BCUT2D eigenvalue weighted by Crippen LogP contribution is -2.10. The van der Waals surface area contributed by atoms with Gasteiger partial charge in [-0.3, -0.25) is 9.36 Å². The zero-order chi connectivity index (χ0) is 13.0. The molecular weight excluding hydrogens is 232 g/mol. The largest absolute Gasteiger partial charge is 0.495 e. The SMILES string of the molecule is CCC(=O)Nc1cc(-n2cnnc2)ccc1OC. The Morgan fingerprint density at radius 1 is 1.39 bits per heavy atom. The highest BCUT2D eigenvalue weighted by Gasteiger charge is 2.08. The van der Waals surface area contributed by atoms with Crippen molar-refractivity contribution in [3.8, 4) is 11.4 Å². The molecule has 0 unspecified atom stereocenters. The lowest BCUT2D eigenvalue weighted by Gasteiger charge is -2.11. The van der Waals surface area contributed by atoms with Crippen molar-refractivity contribution in [2.75, 3.05) is 12.4 Å². The third kappa shape index (κ3) is 2.48. The first-order valence-electron chi connectivity index (χ1n) is 5.57. The van der Waals surface area contributed by atoms with Gasteiger partial charge in [-0.2, -0.15) is 0 Å². The topological polar surface area (TPSA) is 69.0 Å². The molecule has 1 N–H and O–H groups in total. The smallest absolute Gasteiger partial charge is 0.224 e. The summed E-state index contributed by atoms with van der Waals surface area (Å²) >= 11 is 0. The van der Waals surface area contributed by atoms with Crippen LogP contribution in [0.3, 0.4) is 0 Å². The van der Waals surface area contributed by atoms with Crippen molar-refractivity contribution in [2.24, 2.45) is 0 Å². The monoisotopic (exact) mass is 246 g/mol. The number of nitrogens with zero attached hydrogens (tertiary/aromatic N) is 3. The van der Waals surface area contributed by atoms with Gasteiger partial charge in [-0.05, 0) is 18.2 Å². The molecule has 0 atom stereocenters. The van der Waals surface area contributed by atoms with E-state index in [1.165, 1.54) is 0 Å². The minimum atomic E-state index is -0.0609. The Labute approximate surface area is 105 Å². The summed E-state index contributed by atoms with van der Waals surface area (Å²) in [5, 5.41) is 10.3. The molecule has 0 spiro atoms. The van der Waals surface area contributed by atoms with Crippen LogP contribution in [0.1, 0.15) is 13.3 Å². The van der Waals surface area contributed by atoms with Gasteiger partial charge in [-0.25, -0.2) is 0 Å². The molecule has 6 heteroatoms. The van der Waals surface area contributed by atoms with E-state index < -0.39 is 0 Å². The molecule has 0 saturated heterocycles. The molecule has 1 heterocycles. The fourth-order valence-corrected chi connectivity index (χ4v) is 1.53. The Morgan fingerprint density at radius 2 is 2.11 bits per heavy atom. The summed E-state index contributed by atoms with van der Waals surface area (Å²) < 4.78 is 6.96. The summed E-state index contributed by atoms with van der Waals surface area (Å²) in [5.74, 6) is 0.558. The van der Waals surface area contributed by atoms with Gasteiger partial charge in [0, 0.05) is 6.42 Å². The molecule has 1 aromatic heterocycles. The first-order chi connectivity index (χ1) is 8.74. The zero-order valence-electron chi connectivity index (χ0n) is 10.3. The number of methoxy groups -OCH3 is 1. The predicted molar refractivity (Wildman–Crippen MR) is 66.8 cm³/mol. The van der Waals surface area contributed by atoms with Gasteiger partial charge in [-0.15, -0.1) is 10.2 Å². The molecule has 2 aromatic rings. The molecule has 0 aliphatic rings. The number of rotatable bonds is 4. The molecule has 18 heavy (non-hydrogen) atoms. The lowest BCUT2D eigenvalue weighted by atomic mass is 10.2. The van der Waals surface area contributed by atoms with E-state index in [1.807, 2.05) is 12.1 Å². The Hall–Kier alpha value is -2.37. The summed E-state index contributed by atoms with van der Waals surface area (Å²) in [5.41, 5.74) is 1.49. The average molecular weight is 246 g/mol. The number of carbonyl (C=O) groups excluding carboxylic acids is 1. The van der Waals surface area contributed by atoms with E-state index in [2.05, 4.69) is 15.5 Å². The molecule has 1 aromatic carbocycles. The van der Waals surface area contributed by atoms with E-state index >= 15 is 0 Å². The normalized spacial score (nSPS) is 10.1. The molecule has 2 rings (SSSR count). The molecule has 1 amide bonds. The maximum atomic E-state index is 11.4. The van der Waals surface area contributed by atoms with E-state index in [1.54, 1.807) is 37.3 Å². The number of nitrogens with one attached hydrogen (secondary N) is 1. The van der Waals surface area contributed by atoms with E-state index in [-0.39, 0.29) is 5.91 Å². The summed E-state index contributed by atoms with van der Waals surface area (Å²) in [6, 6.07) is 5.47. The van der Waals surface area contributed by atoms with Crippen molar-refractivity contribution in [3.05, 3.63) is 30.9 Å². The maximum Gasteiger partial charge on any atom is 0.224 e. The molecular formula is C12H14N4O2. The minimum Gasteiger partial charge on any atom is -0.495 e. The number of hydrogen-bond acceptors (Lipinski definition) is 4. The van der Waals surface area contributed by atoms with E-state index in [9.17, 15) is 4.79 Å². The van der Waals surface area contributed by atoms with Gasteiger partial charge in [-0.1, -0.05) is 6.92 Å². The third-order valence-corrected chi connectivity index (χ3v) is 2.50. The molecule has 94 valence electrons. The van der Waals surface area contributed by atoms with Crippen LogP contribution >= 0.6 is 0 Å².